The lowest BCUT2D eigenvalue weighted by molar-refractivity contribution is -0.138. The lowest BCUT2D eigenvalue weighted by Gasteiger charge is -2.08. The zero-order chi connectivity index (χ0) is 9.94. The number of allylic oxidation sites excluding steroid dienone is 1. The Morgan fingerprint density at radius 3 is 2.08 bits per heavy atom. The fraction of sp³-hybridized carbons (Fsp3) is 0.500. The minimum absolute atomic E-state index is 0.0145. The molecule has 0 heterocycles. The average molecular weight is 176 g/mol. The zero-order valence-electron chi connectivity index (χ0n) is 6.99. The Morgan fingerprint density at radius 2 is 1.83 bits per heavy atom. The van der Waals surface area contributed by atoms with Gasteiger partial charge in [0.2, 0.25) is 5.78 Å². The van der Waals surface area contributed by atoms with E-state index in [0.717, 1.165) is 0 Å². The van der Waals surface area contributed by atoms with Gasteiger partial charge in [-0.2, -0.15) is 8.78 Å². The quantitative estimate of drug-likeness (QED) is 0.371. The number of ketones is 2. The Morgan fingerprint density at radius 1 is 1.42 bits per heavy atom. The van der Waals surface area contributed by atoms with Gasteiger partial charge in [-0.25, -0.2) is 0 Å². The molecule has 12 heavy (non-hydrogen) atoms. The molecule has 0 saturated heterocycles. The predicted octanol–water partition coefficient (Wildman–Crippen LogP) is 1.75. The van der Waals surface area contributed by atoms with Crippen LogP contribution in [0.5, 0.6) is 0 Å². The van der Waals surface area contributed by atoms with Crippen molar-refractivity contribution in [3.8, 4) is 0 Å². The monoisotopic (exact) mass is 176 g/mol. The van der Waals surface area contributed by atoms with Gasteiger partial charge in [-0.15, -0.1) is 0 Å². The summed E-state index contributed by atoms with van der Waals surface area (Å²) >= 11 is 0. The molecule has 0 aromatic heterocycles. The second-order valence-corrected chi connectivity index (χ2v) is 2.47. The highest BCUT2D eigenvalue weighted by Gasteiger charge is 2.35. The molecule has 0 aromatic carbocycles. The van der Waals surface area contributed by atoms with Crippen LogP contribution in [-0.2, 0) is 9.59 Å². The van der Waals surface area contributed by atoms with Crippen LogP contribution in [0.15, 0.2) is 12.2 Å². The van der Waals surface area contributed by atoms with Crippen molar-refractivity contribution in [2.24, 2.45) is 0 Å². The molecule has 0 saturated carbocycles. The lowest BCUT2D eigenvalue weighted by atomic mass is 10.0. The van der Waals surface area contributed by atoms with Crippen molar-refractivity contribution in [1.82, 2.24) is 0 Å². The normalized spacial score (nSPS) is 11.0. The summed E-state index contributed by atoms with van der Waals surface area (Å²) in [6.45, 7) is 4.94. The molecule has 0 aliphatic heterocycles. The Kier molecular flexibility index (Phi) is 3.24. The molecule has 0 unspecified atom stereocenters. The lowest BCUT2D eigenvalue weighted by Crippen LogP contribution is -2.28. The van der Waals surface area contributed by atoms with Crippen molar-refractivity contribution in [1.29, 1.82) is 0 Å². The zero-order valence-corrected chi connectivity index (χ0v) is 6.99. The van der Waals surface area contributed by atoms with Gasteiger partial charge in [-0.3, -0.25) is 9.59 Å². The van der Waals surface area contributed by atoms with Crippen molar-refractivity contribution in [3.63, 3.8) is 0 Å². The standard InChI is InChI=1S/C8H10F2O2/c1-4-6(11)5(2)7(12)8(3,9)10/h2,4H2,1,3H3. The first-order valence-corrected chi connectivity index (χ1v) is 3.45. The molecular formula is C8H10F2O2. The molecule has 0 spiro atoms. The van der Waals surface area contributed by atoms with Gasteiger partial charge in [0.05, 0.1) is 5.57 Å². The fourth-order valence-electron chi connectivity index (χ4n) is 0.605. The van der Waals surface area contributed by atoms with Crippen LogP contribution in [0.2, 0.25) is 0 Å². The maximum atomic E-state index is 12.3. The van der Waals surface area contributed by atoms with Crippen LogP contribution in [0.3, 0.4) is 0 Å². The van der Waals surface area contributed by atoms with Gasteiger partial charge in [-0.05, 0) is 0 Å². The van der Waals surface area contributed by atoms with Crippen LogP contribution >= 0.6 is 0 Å². The first-order valence-electron chi connectivity index (χ1n) is 3.45. The third-order valence-corrected chi connectivity index (χ3v) is 1.33. The second kappa shape index (κ2) is 3.56. The van der Waals surface area contributed by atoms with Crippen molar-refractivity contribution in [3.05, 3.63) is 12.2 Å². The Balaban J connectivity index is 4.53. The molecule has 0 amide bonds. The minimum Gasteiger partial charge on any atom is -0.294 e. The smallest absolute Gasteiger partial charge is 0.294 e. The summed E-state index contributed by atoms with van der Waals surface area (Å²) in [4.78, 5) is 21.4. The van der Waals surface area contributed by atoms with E-state index in [1.807, 2.05) is 0 Å². The third-order valence-electron chi connectivity index (χ3n) is 1.33. The van der Waals surface area contributed by atoms with Crippen LogP contribution < -0.4 is 0 Å². The average Bonchev–Trinajstić information content (AvgIpc) is 1.98. The number of hydrogen-bond acceptors (Lipinski definition) is 2. The largest absolute Gasteiger partial charge is 0.307 e. The van der Waals surface area contributed by atoms with Gasteiger partial charge >= 0.3 is 5.92 Å². The summed E-state index contributed by atoms with van der Waals surface area (Å²) in [6, 6.07) is 0. The number of hydrogen-bond donors (Lipinski definition) is 0. The second-order valence-electron chi connectivity index (χ2n) is 2.47. The summed E-state index contributed by atoms with van der Waals surface area (Å²) in [6.07, 6.45) is 0.0145. The van der Waals surface area contributed by atoms with Gasteiger partial charge < -0.3 is 0 Å². The Labute approximate surface area is 69.3 Å². The van der Waals surface area contributed by atoms with Crippen LogP contribution in [0.4, 0.5) is 8.78 Å². The van der Waals surface area contributed by atoms with E-state index < -0.39 is 23.1 Å². The molecule has 4 heteroatoms. The summed E-state index contributed by atoms with van der Waals surface area (Å²) in [7, 11) is 0. The highest BCUT2D eigenvalue weighted by molar-refractivity contribution is 6.21. The Hall–Kier alpha value is -1.06. The highest BCUT2D eigenvalue weighted by atomic mass is 19.3. The van der Waals surface area contributed by atoms with Crippen LogP contribution in [0.25, 0.3) is 0 Å². The number of carbonyl (C=O) groups is 2. The van der Waals surface area contributed by atoms with E-state index in [-0.39, 0.29) is 6.42 Å². The summed E-state index contributed by atoms with van der Waals surface area (Å²) in [5.74, 6) is -5.63. The topological polar surface area (TPSA) is 34.1 Å². The maximum absolute atomic E-state index is 12.3. The first kappa shape index (κ1) is 10.9. The van der Waals surface area contributed by atoms with Gasteiger partial charge in [-0.1, -0.05) is 13.5 Å². The number of halogens is 2. The van der Waals surface area contributed by atoms with Gasteiger partial charge in [0.1, 0.15) is 0 Å². The number of carbonyl (C=O) groups excluding carboxylic acids is 2. The van der Waals surface area contributed by atoms with Crippen molar-refractivity contribution >= 4 is 11.6 Å². The van der Waals surface area contributed by atoms with E-state index in [0.29, 0.717) is 6.92 Å². The summed E-state index contributed by atoms with van der Waals surface area (Å²) in [5, 5.41) is 0. The fourth-order valence-corrected chi connectivity index (χ4v) is 0.605. The van der Waals surface area contributed by atoms with E-state index >= 15 is 0 Å². The predicted molar refractivity (Wildman–Crippen MR) is 40.1 cm³/mol. The molecule has 0 radical (unpaired) electrons. The summed E-state index contributed by atoms with van der Waals surface area (Å²) < 4.78 is 24.6. The molecular weight excluding hydrogens is 166 g/mol. The van der Waals surface area contributed by atoms with Crippen molar-refractivity contribution in [2.45, 2.75) is 26.2 Å². The molecule has 0 rings (SSSR count). The van der Waals surface area contributed by atoms with Gasteiger partial charge in [0.15, 0.2) is 5.78 Å². The van der Waals surface area contributed by atoms with E-state index in [9.17, 15) is 18.4 Å². The van der Waals surface area contributed by atoms with Crippen molar-refractivity contribution in [2.75, 3.05) is 0 Å². The molecule has 0 atom stereocenters. The third kappa shape index (κ3) is 2.53. The van der Waals surface area contributed by atoms with Crippen LogP contribution in [0.1, 0.15) is 20.3 Å². The highest BCUT2D eigenvalue weighted by Crippen LogP contribution is 2.18. The number of Topliss-reactive ketones (excluding diaryl/α,β-unsaturated/α-hetero) is 2. The molecule has 0 aliphatic rings. The van der Waals surface area contributed by atoms with E-state index in [4.69, 9.17) is 0 Å². The Bertz CT molecular complexity index is 226. The maximum Gasteiger partial charge on any atom is 0.307 e. The van der Waals surface area contributed by atoms with Crippen LogP contribution in [-0.4, -0.2) is 17.5 Å². The molecule has 68 valence electrons. The summed E-state index contributed by atoms with van der Waals surface area (Å²) in [5.41, 5.74) is -0.620. The SMILES string of the molecule is C=C(C(=O)CC)C(=O)C(C)(F)F. The van der Waals surface area contributed by atoms with E-state index in [1.165, 1.54) is 6.92 Å². The molecule has 0 aliphatic carbocycles. The first-order chi connectivity index (χ1) is 5.30. The molecule has 0 aromatic rings. The van der Waals surface area contributed by atoms with Gasteiger partial charge in [0, 0.05) is 13.3 Å². The minimum atomic E-state index is -3.50. The molecule has 2 nitrogen and oxygen atoms in total. The van der Waals surface area contributed by atoms with E-state index in [2.05, 4.69) is 6.58 Å². The number of rotatable bonds is 4. The van der Waals surface area contributed by atoms with Gasteiger partial charge in [0.25, 0.3) is 0 Å². The number of alkyl halides is 2. The molecule has 0 N–H and O–H groups in total. The van der Waals surface area contributed by atoms with Crippen molar-refractivity contribution < 1.29 is 18.4 Å². The molecule has 0 bridgehead atoms. The van der Waals surface area contributed by atoms with Crippen LogP contribution in [0, 0.1) is 0 Å². The van der Waals surface area contributed by atoms with E-state index in [1.54, 1.807) is 0 Å². The molecule has 0 fully saturated rings.